The van der Waals surface area contributed by atoms with Gasteiger partial charge in [0.05, 0.1) is 6.54 Å². The highest BCUT2D eigenvalue weighted by molar-refractivity contribution is 6.09. The van der Waals surface area contributed by atoms with Crippen LogP contribution in [-0.2, 0) is 4.79 Å². The smallest absolute Gasteiger partial charge is 0.219 e. The van der Waals surface area contributed by atoms with Gasteiger partial charge in [-0.25, -0.2) is 9.38 Å². The Morgan fingerprint density at radius 3 is 2.70 bits per heavy atom. The maximum absolute atomic E-state index is 14.5. The first-order valence-corrected chi connectivity index (χ1v) is 8.55. The number of nitrogens with two attached hydrogens (primary N) is 2. The van der Waals surface area contributed by atoms with Crippen molar-refractivity contribution < 1.29 is 9.18 Å². The fourth-order valence-electron chi connectivity index (χ4n) is 2.87. The van der Waals surface area contributed by atoms with Gasteiger partial charge in [0.2, 0.25) is 5.91 Å². The molecule has 0 saturated heterocycles. The van der Waals surface area contributed by atoms with E-state index in [2.05, 4.69) is 15.3 Å². The zero-order chi connectivity index (χ0) is 20.0. The van der Waals surface area contributed by atoms with Crippen LogP contribution < -0.4 is 16.8 Å². The number of nitrogens with zero attached hydrogens (tertiary/aromatic N) is 3. The average molecular weight is 372 g/mol. The Bertz CT molecular complexity index is 841. The van der Waals surface area contributed by atoms with Gasteiger partial charge in [0.1, 0.15) is 17.3 Å². The molecule has 0 aliphatic carbocycles. The lowest BCUT2D eigenvalue weighted by Gasteiger charge is -2.29. The second-order valence-electron chi connectivity index (χ2n) is 6.07. The van der Waals surface area contributed by atoms with Crippen LogP contribution in [0.15, 0.2) is 45.7 Å². The van der Waals surface area contributed by atoms with Gasteiger partial charge in [0, 0.05) is 63.2 Å². The van der Waals surface area contributed by atoms with Crippen molar-refractivity contribution >= 4 is 29.2 Å². The van der Waals surface area contributed by atoms with Gasteiger partial charge in [0.15, 0.2) is 0 Å². The van der Waals surface area contributed by atoms with Crippen LogP contribution in [0.4, 0.5) is 10.1 Å². The van der Waals surface area contributed by atoms with E-state index in [1.807, 2.05) is 0 Å². The number of aliphatic imine (C=N–C) groups is 2. The van der Waals surface area contributed by atoms with Gasteiger partial charge < -0.3 is 21.7 Å². The summed E-state index contributed by atoms with van der Waals surface area (Å²) in [6.07, 6.45) is 3.56. The number of benzene rings is 1. The number of rotatable bonds is 5. The van der Waals surface area contributed by atoms with Crippen LogP contribution in [0, 0.1) is 5.82 Å². The highest BCUT2D eigenvalue weighted by Gasteiger charge is 2.22. The van der Waals surface area contributed by atoms with Crippen molar-refractivity contribution in [2.75, 3.05) is 27.2 Å². The number of allylic oxidation sites excluding steroid dienone is 1. The molecule has 0 atom stereocenters. The highest BCUT2D eigenvalue weighted by atomic mass is 19.1. The summed E-state index contributed by atoms with van der Waals surface area (Å²) in [5, 5.41) is 3.09. The van der Waals surface area contributed by atoms with E-state index in [1.54, 1.807) is 31.3 Å². The van der Waals surface area contributed by atoms with Crippen molar-refractivity contribution in [2.24, 2.45) is 21.5 Å². The van der Waals surface area contributed by atoms with Crippen molar-refractivity contribution in [1.29, 1.82) is 0 Å². The van der Waals surface area contributed by atoms with Crippen molar-refractivity contribution in [3.63, 3.8) is 0 Å². The third-order valence-corrected chi connectivity index (χ3v) is 4.37. The highest BCUT2D eigenvalue weighted by Crippen LogP contribution is 2.24. The topological polar surface area (TPSA) is 109 Å². The Balaban J connectivity index is 2.36. The first-order chi connectivity index (χ1) is 12.9. The number of hydrogen-bond donors (Lipinski definition) is 3. The third kappa shape index (κ3) is 4.72. The summed E-state index contributed by atoms with van der Waals surface area (Å²) in [4.78, 5) is 21.5. The predicted molar refractivity (Wildman–Crippen MR) is 107 cm³/mol. The fraction of sp³-hybridized carbons (Fsp3) is 0.316. The van der Waals surface area contributed by atoms with E-state index >= 15 is 0 Å². The Hall–Kier alpha value is -3.16. The molecule has 2 rings (SSSR count). The molecule has 0 bridgehead atoms. The summed E-state index contributed by atoms with van der Waals surface area (Å²) >= 11 is 0. The number of carbonyl (C=O) groups excluding carboxylic acids is 1. The molecule has 0 unspecified atom stereocenters. The molecular weight excluding hydrogens is 347 g/mol. The second kappa shape index (κ2) is 8.98. The molecular formula is C19H25FN6O. The molecule has 1 aliphatic heterocycles. The molecule has 1 heterocycles. The summed E-state index contributed by atoms with van der Waals surface area (Å²) in [7, 11) is 3.40. The summed E-state index contributed by atoms with van der Waals surface area (Å²) in [5.41, 5.74) is 14.6. The first-order valence-electron chi connectivity index (χ1n) is 8.55. The SMILES string of the molecule is CN=CC(=CN)c1ccc(N=C(N)C2=C(NC)CCN(C(C)=O)C2)c(F)c1. The van der Waals surface area contributed by atoms with E-state index in [0.29, 0.717) is 36.2 Å². The number of amides is 1. The van der Waals surface area contributed by atoms with Crippen LogP contribution >= 0.6 is 0 Å². The summed E-state index contributed by atoms with van der Waals surface area (Å²) < 4.78 is 14.5. The zero-order valence-electron chi connectivity index (χ0n) is 15.8. The minimum absolute atomic E-state index is 0.0373. The van der Waals surface area contributed by atoms with Crippen LogP contribution in [0.1, 0.15) is 18.9 Å². The minimum Gasteiger partial charge on any atom is -0.404 e. The lowest BCUT2D eigenvalue weighted by atomic mass is 10.0. The maximum atomic E-state index is 14.5. The molecule has 1 aromatic carbocycles. The number of hydrogen-bond acceptors (Lipinski definition) is 5. The first kappa shape index (κ1) is 20.2. The summed E-state index contributed by atoms with van der Waals surface area (Å²) in [5.74, 6) is -0.378. The number of nitrogens with one attached hydrogen (secondary N) is 1. The lowest BCUT2D eigenvalue weighted by Crippen LogP contribution is -2.40. The molecule has 1 aliphatic rings. The van der Waals surface area contributed by atoms with E-state index < -0.39 is 5.82 Å². The van der Waals surface area contributed by atoms with Crippen molar-refractivity contribution in [1.82, 2.24) is 10.2 Å². The van der Waals surface area contributed by atoms with E-state index in [1.165, 1.54) is 25.3 Å². The molecule has 7 nitrogen and oxygen atoms in total. The van der Waals surface area contributed by atoms with Crippen molar-refractivity contribution in [3.05, 3.63) is 47.0 Å². The van der Waals surface area contributed by atoms with Gasteiger partial charge >= 0.3 is 0 Å². The number of halogens is 1. The van der Waals surface area contributed by atoms with Crippen LogP contribution in [0.3, 0.4) is 0 Å². The summed E-state index contributed by atoms with van der Waals surface area (Å²) in [6.45, 7) is 2.46. The monoisotopic (exact) mass is 372 g/mol. The van der Waals surface area contributed by atoms with Crippen LogP contribution in [0.5, 0.6) is 0 Å². The molecule has 27 heavy (non-hydrogen) atoms. The van der Waals surface area contributed by atoms with Gasteiger partial charge in [0.25, 0.3) is 0 Å². The Labute approximate surface area is 158 Å². The van der Waals surface area contributed by atoms with E-state index in [0.717, 1.165) is 5.70 Å². The normalized spacial score (nSPS) is 16.2. The van der Waals surface area contributed by atoms with Gasteiger partial charge in [-0.1, -0.05) is 6.07 Å². The van der Waals surface area contributed by atoms with Crippen LogP contribution in [-0.4, -0.2) is 50.0 Å². The molecule has 8 heteroatoms. The Morgan fingerprint density at radius 1 is 1.41 bits per heavy atom. The third-order valence-electron chi connectivity index (χ3n) is 4.37. The Kier molecular flexibility index (Phi) is 6.70. The number of carbonyl (C=O) groups is 1. The molecule has 0 radical (unpaired) electrons. The van der Waals surface area contributed by atoms with E-state index in [-0.39, 0.29) is 17.4 Å². The van der Waals surface area contributed by atoms with Gasteiger partial charge in [-0.05, 0) is 17.7 Å². The fourth-order valence-corrected chi connectivity index (χ4v) is 2.87. The number of amidine groups is 1. The van der Waals surface area contributed by atoms with Gasteiger partial charge in [-0.3, -0.25) is 9.79 Å². The average Bonchev–Trinajstić information content (AvgIpc) is 2.66. The Morgan fingerprint density at radius 2 is 2.15 bits per heavy atom. The lowest BCUT2D eigenvalue weighted by molar-refractivity contribution is -0.128. The molecule has 1 amide bonds. The van der Waals surface area contributed by atoms with Crippen molar-refractivity contribution in [2.45, 2.75) is 13.3 Å². The molecule has 0 spiro atoms. The predicted octanol–water partition coefficient (Wildman–Crippen LogP) is 1.54. The van der Waals surface area contributed by atoms with Gasteiger partial charge in [-0.15, -0.1) is 0 Å². The largest absolute Gasteiger partial charge is 0.404 e. The minimum atomic E-state index is -0.523. The molecule has 144 valence electrons. The van der Waals surface area contributed by atoms with Crippen LogP contribution in [0.2, 0.25) is 0 Å². The van der Waals surface area contributed by atoms with E-state index in [4.69, 9.17) is 11.5 Å². The maximum Gasteiger partial charge on any atom is 0.219 e. The molecule has 0 fully saturated rings. The zero-order valence-corrected chi connectivity index (χ0v) is 15.8. The molecule has 0 saturated carbocycles. The van der Waals surface area contributed by atoms with Crippen LogP contribution in [0.25, 0.3) is 5.57 Å². The second-order valence-corrected chi connectivity index (χ2v) is 6.07. The van der Waals surface area contributed by atoms with E-state index in [9.17, 15) is 9.18 Å². The van der Waals surface area contributed by atoms with Crippen molar-refractivity contribution in [3.8, 4) is 0 Å². The molecule has 1 aromatic rings. The molecule has 0 aromatic heterocycles. The molecule has 5 N–H and O–H groups in total. The standard InChI is InChI=1S/C19H25FN6O/c1-12(27)26-7-6-17(24-3)15(11-26)19(22)25-18-5-4-13(8-16(18)20)14(9-21)10-23-2/h4-5,8-10,24H,6-7,11,21H2,1-3H3,(H2,22,25). The quantitative estimate of drug-likeness (QED) is 0.538. The summed E-state index contributed by atoms with van der Waals surface area (Å²) in [6, 6.07) is 4.57. The van der Waals surface area contributed by atoms with Gasteiger partial charge in [-0.2, -0.15) is 0 Å².